The van der Waals surface area contributed by atoms with Gasteiger partial charge >= 0.3 is 0 Å². The van der Waals surface area contributed by atoms with Crippen LogP contribution in [-0.4, -0.2) is 13.6 Å². The monoisotopic (exact) mass is 352 g/mol. The standard InChI is InChI=1S/C19H16N2O3S/c1-12-10-18-16(13(2)20-24-18)11-17(12)21-25(22,23)19-9-5-7-14-6-3-4-8-15(14)19/h3-11,21H,1-2H3. The summed E-state index contributed by atoms with van der Waals surface area (Å²) in [5.74, 6) is 0. The highest BCUT2D eigenvalue weighted by Gasteiger charge is 2.19. The zero-order chi connectivity index (χ0) is 17.6. The van der Waals surface area contributed by atoms with Crippen LogP contribution < -0.4 is 4.72 Å². The third kappa shape index (κ3) is 2.64. The van der Waals surface area contributed by atoms with Crippen molar-refractivity contribution in [1.82, 2.24) is 5.16 Å². The normalized spacial score (nSPS) is 11.9. The lowest BCUT2D eigenvalue weighted by Gasteiger charge is -2.12. The number of hydrogen-bond donors (Lipinski definition) is 1. The highest BCUT2D eigenvalue weighted by molar-refractivity contribution is 7.93. The van der Waals surface area contributed by atoms with Crippen molar-refractivity contribution >= 4 is 37.5 Å². The van der Waals surface area contributed by atoms with E-state index in [4.69, 9.17) is 4.52 Å². The Bertz CT molecular complexity index is 1200. The molecule has 1 heterocycles. The van der Waals surface area contributed by atoms with E-state index in [1.54, 1.807) is 24.3 Å². The molecular weight excluding hydrogens is 336 g/mol. The number of sulfonamides is 1. The Hall–Kier alpha value is -2.86. The predicted molar refractivity (Wildman–Crippen MR) is 98.2 cm³/mol. The van der Waals surface area contributed by atoms with Gasteiger partial charge in [-0.05, 0) is 43.0 Å². The minimum Gasteiger partial charge on any atom is -0.356 e. The molecule has 0 radical (unpaired) electrons. The average Bonchev–Trinajstić information content (AvgIpc) is 2.94. The average molecular weight is 352 g/mol. The number of benzene rings is 3. The largest absolute Gasteiger partial charge is 0.356 e. The lowest BCUT2D eigenvalue weighted by atomic mass is 10.1. The lowest BCUT2D eigenvalue weighted by Crippen LogP contribution is -2.14. The number of aryl methyl sites for hydroxylation is 2. The van der Waals surface area contributed by atoms with Crippen molar-refractivity contribution < 1.29 is 12.9 Å². The Balaban J connectivity index is 1.84. The highest BCUT2D eigenvalue weighted by Crippen LogP contribution is 2.29. The summed E-state index contributed by atoms with van der Waals surface area (Å²) in [6, 6.07) is 16.2. The summed E-state index contributed by atoms with van der Waals surface area (Å²) in [6.45, 7) is 3.66. The molecule has 0 fully saturated rings. The van der Waals surface area contributed by atoms with Crippen molar-refractivity contribution in [3.8, 4) is 0 Å². The zero-order valence-corrected chi connectivity index (χ0v) is 14.6. The van der Waals surface area contributed by atoms with E-state index < -0.39 is 10.0 Å². The molecule has 1 N–H and O–H groups in total. The van der Waals surface area contributed by atoms with Crippen LogP contribution in [0.15, 0.2) is 64.0 Å². The fourth-order valence-corrected chi connectivity index (χ4v) is 4.30. The highest BCUT2D eigenvalue weighted by atomic mass is 32.2. The first-order chi connectivity index (χ1) is 12.0. The molecule has 0 aliphatic heterocycles. The fraction of sp³-hybridized carbons (Fsp3) is 0.105. The number of hydrogen-bond acceptors (Lipinski definition) is 4. The Labute approximate surface area is 145 Å². The second-order valence-electron chi connectivity index (χ2n) is 6.01. The molecule has 126 valence electrons. The number of nitrogens with one attached hydrogen (secondary N) is 1. The minimum atomic E-state index is -3.73. The molecule has 0 aliphatic carbocycles. The van der Waals surface area contributed by atoms with Crippen LogP contribution >= 0.6 is 0 Å². The zero-order valence-electron chi connectivity index (χ0n) is 13.8. The van der Waals surface area contributed by atoms with E-state index in [0.29, 0.717) is 16.7 Å². The van der Waals surface area contributed by atoms with Gasteiger partial charge in [-0.2, -0.15) is 0 Å². The van der Waals surface area contributed by atoms with E-state index in [-0.39, 0.29) is 4.90 Å². The summed E-state index contributed by atoms with van der Waals surface area (Å²) in [6.07, 6.45) is 0. The van der Waals surface area contributed by atoms with Gasteiger partial charge in [0.15, 0.2) is 5.58 Å². The maximum Gasteiger partial charge on any atom is 0.262 e. The minimum absolute atomic E-state index is 0.257. The van der Waals surface area contributed by atoms with Gasteiger partial charge < -0.3 is 4.52 Å². The van der Waals surface area contributed by atoms with Crippen LogP contribution in [0.2, 0.25) is 0 Å². The van der Waals surface area contributed by atoms with Crippen LogP contribution in [0, 0.1) is 13.8 Å². The van der Waals surface area contributed by atoms with Crippen molar-refractivity contribution in [2.24, 2.45) is 0 Å². The first-order valence-corrected chi connectivity index (χ1v) is 9.31. The van der Waals surface area contributed by atoms with E-state index in [1.807, 2.05) is 44.2 Å². The van der Waals surface area contributed by atoms with Gasteiger partial charge in [-0.3, -0.25) is 4.72 Å². The van der Waals surface area contributed by atoms with E-state index in [9.17, 15) is 8.42 Å². The molecule has 4 rings (SSSR count). The van der Waals surface area contributed by atoms with Crippen LogP contribution in [-0.2, 0) is 10.0 Å². The number of anilines is 1. The Morgan fingerprint density at radius 1 is 0.960 bits per heavy atom. The van der Waals surface area contributed by atoms with Gasteiger partial charge in [0, 0.05) is 10.8 Å². The molecule has 0 saturated carbocycles. The van der Waals surface area contributed by atoms with E-state index in [0.717, 1.165) is 22.0 Å². The van der Waals surface area contributed by atoms with Gasteiger partial charge in [0.1, 0.15) is 0 Å². The van der Waals surface area contributed by atoms with Crippen molar-refractivity contribution in [3.05, 3.63) is 65.9 Å². The molecule has 0 atom stereocenters. The van der Waals surface area contributed by atoms with Gasteiger partial charge in [-0.1, -0.05) is 41.6 Å². The van der Waals surface area contributed by atoms with Crippen molar-refractivity contribution in [1.29, 1.82) is 0 Å². The van der Waals surface area contributed by atoms with Crippen LogP contribution in [0.4, 0.5) is 5.69 Å². The summed E-state index contributed by atoms with van der Waals surface area (Å²) >= 11 is 0. The number of rotatable bonds is 3. The molecule has 0 aliphatic rings. The van der Waals surface area contributed by atoms with Gasteiger partial charge in [0.05, 0.1) is 16.3 Å². The molecule has 0 bridgehead atoms. The van der Waals surface area contributed by atoms with E-state index in [1.165, 1.54) is 0 Å². The smallest absolute Gasteiger partial charge is 0.262 e. The molecule has 0 unspecified atom stereocenters. The van der Waals surface area contributed by atoms with Gasteiger partial charge in [-0.25, -0.2) is 8.42 Å². The summed E-state index contributed by atoms with van der Waals surface area (Å²) < 4.78 is 33.9. The van der Waals surface area contributed by atoms with Crippen LogP contribution in [0.5, 0.6) is 0 Å². The molecule has 6 heteroatoms. The quantitative estimate of drug-likeness (QED) is 0.593. The lowest BCUT2D eigenvalue weighted by molar-refractivity contribution is 0.450. The van der Waals surface area contributed by atoms with E-state index in [2.05, 4.69) is 9.88 Å². The first kappa shape index (κ1) is 15.7. The molecule has 5 nitrogen and oxygen atoms in total. The second kappa shape index (κ2) is 5.60. The maximum atomic E-state index is 13.0. The van der Waals surface area contributed by atoms with Crippen LogP contribution in [0.3, 0.4) is 0 Å². The van der Waals surface area contributed by atoms with Crippen molar-refractivity contribution in [2.45, 2.75) is 18.7 Å². The van der Waals surface area contributed by atoms with Gasteiger partial charge in [-0.15, -0.1) is 0 Å². The van der Waals surface area contributed by atoms with E-state index >= 15 is 0 Å². The summed E-state index contributed by atoms with van der Waals surface area (Å²) in [7, 11) is -3.73. The number of aromatic nitrogens is 1. The Morgan fingerprint density at radius 2 is 1.72 bits per heavy atom. The van der Waals surface area contributed by atoms with Crippen LogP contribution in [0.25, 0.3) is 21.7 Å². The number of fused-ring (bicyclic) bond motifs is 2. The molecular formula is C19H16N2O3S. The third-order valence-corrected chi connectivity index (χ3v) is 5.70. The third-order valence-electron chi connectivity index (χ3n) is 4.28. The molecule has 1 aromatic heterocycles. The van der Waals surface area contributed by atoms with Gasteiger partial charge in [0.2, 0.25) is 0 Å². The Kier molecular flexibility index (Phi) is 3.51. The Morgan fingerprint density at radius 3 is 2.56 bits per heavy atom. The number of nitrogens with zero attached hydrogens (tertiary/aromatic N) is 1. The summed E-state index contributed by atoms with van der Waals surface area (Å²) in [5, 5.41) is 6.29. The topological polar surface area (TPSA) is 72.2 Å². The fourth-order valence-electron chi connectivity index (χ4n) is 2.95. The molecule has 4 aromatic rings. The molecule has 0 saturated heterocycles. The van der Waals surface area contributed by atoms with Crippen LogP contribution in [0.1, 0.15) is 11.3 Å². The first-order valence-electron chi connectivity index (χ1n) is 7.83. The molecule has 0 amide bonds. The summed E-state index contributed by atoms with van der Waals surface area (Å²) in [5.41, 5.74) is 2.66. The van der Waals surface area contributed by atoms with Crippen molar-refractivity contribution in [2.75, 3.05) is 4.72 Å². The molecule has 25 heavy (non-hydrogen) atoms. The summed E-state index contributed by atoms with van der Waals surface area (Å²) in [4.78, 5) is 0.257. The van der Waals surface area contributed by atoms with Crippen molar-refractivity contribution in [3.63, 3.8) is 0 Å². The molecule has 0 spiro atoms. The molecule has 3 aromatic carbocycles. The van der Waals surface area contributed by atoms with Gasteiger partial charge in [0.25, 0.3) is 10.0 Å². The second-order valence-corrected chi connectivity index (χ2v) is 7.66. The predicted octanol–water partition coefficient (Wildman–Crippen LogP) is 4.40. The maximum absolute atomic E-state index is 13.0. The SMILES string of the molecule is Cc1cc2onc(C)c2cc1NS(=O)(=O)c1cccc2ccccc12.